The molecule has 1 aromatic rings. The molecule has 0 bridgehead atoms. The molecule has 0 saturated heterocycles. The van der Waals surface area contributed by atoms with Crippen molar-refractivity contribution in [2.45, 2.75) is 20.3 Å². The van der Waals surface area contributed by atoms with Gasteiger partial charge in [0.25, 0.3) is 0 Å². The lowest BCUT2D eigenvalue weighted by atomic mass is 10.2. The summed E-state index contributed by atoms with van der Waals surface area (Å²) < 4.78 is 0. The molecule has 0 spiro atoms. The minimum atomic E-state index is 0.00125. The van der Waals surface area contributed by atoms with Gasteiger partial charge in [0.2, 0.25) is 5.91 Å². The highest BCUT2D eigenvalue weighted by atomic mass is 32.2. The highest BCUT2D eigenvalue weighted by Crippen LogP contribution is 2.12. The lowest BCUT2D eigenvalue weighted by Gasteiger charge is -2.06. The van der Waals surface area contributed by atoms with Gasteiger partial charge in [0.1, 0.15) is 0 Å². The largest absolute Gasteiger partial charge is 0.326 e. The van der Waals surface area contributed by atoms with Crippen LogP contribution in [0.15, 0.2) is 24.3 Å². The molecule has 1 N–H and O–H groups in total. The fourth-order valence-electron chi connectivity index (χ4n) is 1.37. The van der Waals surface area contributed by atoms with Gasteiger partial charge in [-0.3, -0.25) is 4.79 Å². The quantitative estimate of drug-likeness (QED) is 0.800. The number of benzene rings is 1. The average molecular weight is 262 g/mol. The second-order valence-corrected chi connectivity index (χ2v) is 5.61. The predicted octanol–water partition coefficient (Wildman–Crippen LogP) is 3.28. The van der Waals surface area contributed by atoms with Crippen LogP contribution in [0.5, 0.6) is 0 Å². The van der Waals surface area contributed by atoms with Crippen molar-refractivity contribution in [1.82, 2.24) is 0 Å². The van der Waals surface area contributed by atoms with Gasteiger partial charge < -0.3 is 5.32 Å². The molecular weight excluding hydrogens is 244 g/mol. The Morgan fingerprint density at radius 2 is 2.28 bits per heavy atom. The Kier molecular flexibility index (Phi) is 6.31. The van der Waals surface area contributed by atoms with Crippen molar-refractivity contribution < 1.29 is 4.79 Å². The van der Waals surface area contributed by atoms with Crippen LogP contribution in [0.25, 0.3) is 0 Å². The Balaban J connectivity index is 2.33. The van der Waals surface area contributed by atoms with Crippen LogP contribution in [-0.2, 0) is 4.79 Å². The first-order chi connectivity index (χ1) is 8.61. The van der Waals surface area contributed by atoms with Crippen LogP contribution < -0.4 is 5.32 Å². The second kappa shape index (κ2) is 7.78. The van der Waals surface area contributed by atoms with E-state index in [4.69, 9.17) is 5.26 Å². The van der Waals surface area contributed by atoms with Crippen LogP contribution in [0.4, 0.5) is 5.69 Å². The summed E-state index contributed by atoms with van der Waals surface area (Å²) >= 11 is 1.79. The molecule has 0 aliphatic heterocycles. The van der Waals surface area contributed by atoms with Crippen molar-refractivity contribution in [2.75, 3.05) is 16.8 Å². The van der Waals surface area contributed by atoms with Gasteiger partial charge in [-0.1, -0.05) is 19.9 Å². The van der Waals surface area contributed by atoms with Crippen molar-refractivity contribution in [2.24, 2.45) is 5.92 Å². The van der Waals surface area contributed by atoms with Gasteiger partial charge >= 0.3 is 0 Å². The fourth-order valence-corrected chi connectivity index (χ4v) is 2.34. The van der Waals surface area contributed by atoms with Gasteiger partial charge in [0.05, 0.1) is 11.6 Å². The molecule has 18 heavy (non-hydrogen) atoms. The molecule has 0 radical (unpaired) electrons. The summed E-state index contributed by atoms with van der Waals surface area (Å²) in [6.07, 6.45) is 0.508. The summed E-state index contributed by atoms with van der Waals surface area (Å²) in [6.45, 7) is 4.33. The first-order valence-corrected chi connectivity index (χ1v) is 7.15. The zero-order valence-corrected chi connectivity index (χ0v) is 11.6. The van der Waals surface area contributed by atoms with Crippen LogP contribution in [0.3, 0.4) is 0 Å². The van der Waals surface area contributed by atoms with E-state index >= 15 is 0 Å². The average Bonchev–Trinajstić information content (AvgIpc) is 2.34. The Bertz CT molecular complexity index is 438. The number of nitrogens with zero attached hydrogens (tertiary/aromatic N) is 1. The number of carbonyl (C=O) groups excluding carboxylic acids is 1. The zero-order chi connectivity index (χ0) is 13.4. The molecule has 3 nitrogen and oxygen atoms in total. The smallest absolute Gasteiger partial charge is 0.225 e. The molecule has 0 aliphatic carbocycles. The highest BCUT2D eigenvalue weighted by Gasteiger charge is 2.03. The van der Waals surface area contributed by atoms with E-state index in [-0.39, 0.29) is 5.91 Å². The highest BCUT2D eigenvalue weighted by molar-refractivity contribution is 7.99. The van der Waals surface area contributed by atoms with Gasteiger partial charge in [0.15, 0.2) is 0 Å². The number of rotatable bonds is 6. The first kappa shape index (κ1) is 14.6. The third-order valence-corrected chi connectivity index (χ3v) is 3.60. The van der Waals surface area contributed by atoms with E-state index in [0.717, 1.165) is 11.5 Å². The molecule has 0 fully saturated rings. The number of anilines is 1. The number of thioether (sulfide) groups is 1. The normalized spacial score (nSPS) is 10.1. The van der Waals surface area contributed by atoms with E-state index in [1.54, 1.807) is 36.0 Å². The lowest BCUT2D eigenvalue weighted by molar-refractivity contribution is -0.115. The summed E-state index contributed by atoms with van der Waals surface area (Å²) in [5.74, 6) is 2.57. The van der Waals surface area contributed by atoms with Gasteiger partial charge in [-0.25, -0.2) is 0 Å². The Hall–Kier alpha value is -1.47. The van der Waals surface area contributed by atoms with Gasteiger partial charge in [-0.2, -0.15) is 17.0 Å². The minimum absolute atomic E-state index is 0.00125. The monoisotopic (exact) mass is 262 g/mol. The third-order valence-electron chi connectivity index (χ3n) is 2.20. The first-order valence-electron chi connectivity index (χ1n) is 5.99. The summed E-state index contributed by atoms with van der Waals surface area (Å²) in [5, 5.41) is 11.6. The van der Waals surface area contributed by atoms with Crippen LogP contribution in [0.1, 0.15) is 25.8 Å². The molecule has 1 aromatic carbocycles. The van der Waals surface area contributed by atoms with Crippen molar-refractivity contribution in [1.29, 1.82) is 5.26 Å². The number of nitrogens with one attached hydrogen (secondary N) is 1. The Morgan fingerprint density at radius 3 is 2.94 bits per heavy atom. The van der Waals surface area contributed by atoms with Gasteiger partial charge in [0, 0.05) is 17.9 Å². The van der Waals surface area contributed by atoms with Crippen LogP contribution in [0.2, 0.25) is 0 Å². The van der Waals surface area contributed by atoms with Crippen LogP contribution >= 0.6 is 11.8 Å². The fraction of sp³-hybridized carbons (Fsp3) is 0.429. The van der Waals surface area contributed by atoms with Gasteiger partial charge in [-0.05, 0) is 29.9 Å². The number of hydrogen-bond acceptors (Lipinski definition) is 3. The van der Waals surface area contributed by atoms with E-state index in [2.05, 4.69) is 19.2 Å². The van der Waals surface area contributed by atoms with Crippen molar-refractivity contribution in [3.63, 3.8) is 0 Å². The van der Waals surface area contributed by atoms with Crippen molar-refractivity contribution in [3.8, 4) is 6.07 Å². The molecule has 4 heteroatoms. The molecule has 0 unspecified atom stereocenters. The van der Waals surface area contributed by atoms with Crippen LogP contribution in [0, 0.1) is 17.2 Å². The Morgan fingerprint density at radius 1 is 1.50 bits per heavy atom. The Labute approximate surface area is 113 Å². The van der Waals surface area contributed by atoms with E-state index in [0.29, 0.717) is 23.6 Å². The summed E-state index contributed by atoms with van der Waals surface area (Å²) in [6, 6.07) is 9.00. The molecule has 0 aromatic heterocycles. The predicted molar refractivity (Wildman–Crippen MR) is 76.6 cm³/mol. The standard InChI is InChI=1S/C14H18N2OS/c1-11(2)10-18-7-6-14(17)16-13-5-3-4-12(8-13)9-15/h3-5,8,11H,6-7,10H2,1-2H3,(H,16,17). The summed E-state index contributed by atoms with van der Waals surface area (Å²) in [4.78, 5) is 11.6. The molecular formula is C14H18N2OS. The van der Waals surface area contributed by atoms with Gasteiger partial charge in [-0.15, -0.1) is 0 Å². The molecule has 0 saturated carbocycles. The van der Waals surface area contributed by atoms with Crippen molar-refractivity contribution in [3.05, 3.63) is 29.8 Å². The minimum Gasteiger partial charge on any atom is -0.326 e. The van der Waals surface area contributed by atoms with Crippen LogP contribution in [-0.4, -0.2) is 17.4 Å². The topological polar surface area (TPSA) is 52.9 Å². The molecule has 1 rings (SSSR count). The molecule has 1 amide bonds. The number of nitriles is 1. The van der Waals surface area contributed by atoms with E-state index in [9.17, 15) is 4.79 Å². The van der Waals surface area contributed by atoms with Crippen molar-refractivity contribution >= 4 is 23.4 Å². The molecule has 0 aliphatic rings. The number of hydrogen-bond donors (Lipinski definition) is 1. The molecule has 0 heterocycles. The van der Waals surface area contributed by atoms with E-state index < -0.39 is 0 Å². The third kappa shape index (κ3) is 5.74. The van der Waals surface area contributed by atoms with E-state index in [1.807, 2.05) is 6.07 Å². The number of carbonyl (C=O) groups is 1. The molecule has 0 atom stereocenters. The zero-order valence-electron chi connectivity index (χ0n) is 10.8. The maximum absolute atomic E-state index is 11.6. The lowest BCUT2D eigenvalue weighted by Crippen LogP contribution is -2.12. The maximum atomic E-state index is 11.6. The maximum Gasteiger partial charge on any atom is 0.225 e. The SMILES string of the molecule is CC(C)CSCCC(=O)Nc1cccc(C#N)c1. The summed E-state index contributed by atoms with van der Waals surface area (Å²) in [5.41, 5.74) is 1.25. The molecule has 96 valence electrons. The second-order valence-electron chi connectivity index (χ2n) is 4.46. The van der Waals surface area contributed by atoms with E-state index in [1.165, 1.54) is 0 Å². The number of amides is 1. The summed E-state index contributed by atoms with van der Waals surface area (Å²) in [7, 11) is 0.